The van der Waals surface area contributed by atoms with E-state index in [9.17, 15) is 0 Å². The second-order valence-corrected chi connectivity index (χ2v) is 8.71. The van der Waals surface area contributed by atoms with Crippen LogP contribution in [0.5, 0.6) is 0 Å². The highest BCUT2D eigenvalue weighted by Gasteiger charge is 2.26. The first kappa shape index (κ1) is 19.7. The fraction of sp³-hybridized carbons (Fsp3) is 0.500. The lowest BCUT2D eigenvalue weighted by Gasteiger charge is -2.35. The summed E-state index contributed by atoms with van der Waals surface area (Å²) in [6.45, 7) is 5.16. The van der Waals surface area contributed by atoms with Crippen LogP contribution in [0.2, 0.25) is 5.15 Å². The van der Waals surface area contributed by atoms with Crippen molar-refractivity contribution in [2.24, 2.45) is 5.84 Å². The van der Waals surface area contributed by atoms with Crippen LogP contribution in [-0.4, -0.2) is 51.7 Å². The highest BCUT2D eigenvalue weighted by atomic mass is 35.5. The Balaban J connectivity index is 1.78. The second-order valence-electron chi connectivity index (χ2n) is 7.07. The summed E-state index contributed by atoms with van der Waals surface area (Å²) in [5.41, 5.74) is 7.61. The van der Waals surface area contributed by atoms with Gasteiger partial charge in [-0.25, -0.2) is 15.0 Å². The molecule has 28 heavy (non-hydrogen) atoms. The first-order valence-corrected chi connectivity index (χ1v) is 10.6. The maximum absolute atomic E-state index is 6.12. The van der Waals surface area contributed by atoms with Gasteiger partial charge in [-0.3, -0.25) is 5.84 Å². The van der Waals surface area contributed by atoms with Crippen molar-refractivity contribution in [1.29, 1.82) is 0 Å². The molecule has 4 heterocycles. The molecule has 10 heteroatoms. The molecule has 0 aromatic carbocycles. The van der Waals surface area contributed by atoms with Crippen LogP contribution in [0.1, 0.15) is 30.7 Å². The molecule has 2 aliphatic rings. The first-order chi connectivity index (χ1) is 13.5. The van der Waals surface area contributed by atoms with Gasteiger partial charge in [0.15, 0.2) is 5.82 Å². The molecule has 150 valence electrons. The Morgan fingerprint density at radius 3 is 2.82 bits per heavy atom. The zero-order valence-corrected chi connectivity index (χ0v) is 17.3. The van der Waals surface area contributed by atoms with Gasteiger partial charge in [0.05, 0.1) is 30.2 Å². The fourth-order valence-electron chi connectivity index (χ4n) is 3.51. The van der Waals surface area contributed by atoms with Crippen molar-refractivity contribution in [2.75, 3.05) is 36.9 Å². The maximum atomic E-state index is 6.12. The first-order valence-electron chi connectivity index (χ1n) is 9.35. The topological polar surface area (TPSA) is 106 Å². The maximum Gasteiger partial charge on any atom is 0.162 e. The van der Waals surface area contributed by atoms with Crippen LogP contribution in [0.25, 0.3) is 11.4 Å². The molecule has 2 aliphatic heterocycles. The molecule has 2 unspecified atom stereocenters. The number of pyridine rings is 1. The number of hydrazine groups is 1. The predicted octanol–water partition coefficient (Wildman–Crippen LogP) is 2.66. The Morgan fingerprint density at radius 2 is 2.07 bits per heavy atom. The molecule has 8 nitrogen and oxygen atoms in total. The van der Waals surface area contributed by atoms with Gasteiger partial charge in [-0.15, -0.1) is 0 Å². The fourth-order valence-corrected chi connectivity index (χ4v) is 4.79. The van der Waals surface area contributed by atoms with Crippen molar-refractivity contribution >= 4 is 35.2 Å². The molecule has 0 amide bonds. The highest BCUT2D eigenvalue weighted by molar-refractivity contribution is 7.97. The largest absolute Gasteiger partial charge is 0.384 e. The number of morpholine rings is 1. The Morgan fingerprint density at radius 1 is 1.21 bits per heavy atom. The third-order valence-electron chi connectivity index (χ3n) is 4.90. The zero-order chi connectivity index (χ0) is 19.7. The molecule has 2 atom stereocenters. The predicted molar refractivity (Wildman–Crippen MR) is 113 cm³/mol. The highest BCUT2D eigenvalue weighted by Crippen LogP contribution is 2.39. The number of hydrogen-bond acceptors (Lipinski definition) is 9. The molecule has 2 fully saturated rings. The quantitative estimate of drug-likeness (QED) is 0.439. The summed E-state index contributed by atoms with van der Waals surface area (Å²) < 4.78 is 7.37. The van der Waals surface area contributed by atoms with Crippen LogP contribution in [0, 0.1) is 0 Å². The number of anilines is 2. The van der Waals surface area contributed by atoms with E-state index >= 15 is 0 Å². The molecule has 2 aromatic heterocycles. The molecule has 0 spiro atoms. The molecule has 0 saturated carbocycles. The number of nitrogen functional groups attached to an aromatic ring is 1. The van der Waals surface area contributed by atoms with Crippen molar-refractivity contribution < 1.29 is 4.74 Å². The molecule has 2 aromatic rings. The number of ether oxygens (including phenoxy) is 1. The molecule has 0 bridgehead atoms. The van der Waals surface area contributed by atoms with Gasteiger partial charge in [0.2, 0.25) is 0 Å². The summed E-state index contributed by atoms with van der Waals surface area (Å²) in [4.78, 5) is 16.0. The molecule has 4 N–H and O–H groups in total. The van der Waals surface area contributed by atoms with E-state index in [0.717, 1.165) is 43.0 Å². The smallest absolute Gasteiger partial charge is 0.162 e. The van der Waals surface area contributed by atoms with Gasteiger partial charge < -0.3 is 15.4 Å². The van der Waals surface area contributed by atoms with E-state index < -0.39 is 0 Å². The second kappa shape index (κ2) is 8.38. The third-order valence-corrected chi connectivity index (χ3v) is 6.28. The van der Waals surface area contributed by atoms with Crippen molar-refractivity contribution in [2.45, 2.75) is 31.1 Å². The standard InChI is InChI=1S/C18H24ClN7OS/c1-11-10-27-6-5-25(11)17-9-13(14-3-2-4-26(21)28-14)22-18(24-17)12-7-15(19)23-16(20)8-12/h7-9,11,14H,2-6,10,21H2,1H3,(H2,20,23). The summed E-state index contributed by atoms with van der Waals surface area (Å²) in [6, 6.07) is 5.81. The van der Waals surface area contributed by atoms with Crippen LogP contribution in [-0.2, 0) is 4.74 Å². The average Bonchev–Trinajstić information content (AvgIpc) is 2.67. The summed E-state index contributed by atoms with van der Waals surface area (Å²) in [5.74, 6) is 7.86. The summed E-state index contributed by atoms with van der Waals surface area (Å²) in [5, 5.41) is 0.510. The molecule has 0 radical (unpaired) electrons. The monoisotopic (exact) mass is 421 g/mol. The van der Waals surface area contributed by atoms with E-state index in [1.54, 1.807) is 28.5 Å². The number of rotatable bonds is 3. The van der Waals surface area contributed by atoms with E-state index in [0.29, 0.717) is 30.0 Å². The van der Waals surface area contributed by atoms with Gasteiger partial charge >= 0.3 is 0 Å². The average molecular weight is 422 g/mol. The Kier molecular flexibility index (Phi) is 5.88. The van der Waals surface area contributed by atoms with Gasteiger partial charge in [0, 0.05) is 24.7 Å². The number of halogens is 1. The van der Waals surface area contributed by atoms with E-state index in [-0.39, 0.29) is 11.3 Å². The van der Waals surface area contributed by atoms with Crippen molar-refractivity contribution in [3.05, 3.63) is 29.0 Å². The van der Waals surface area contributed by atoms with E-state index in [2.05, 4.69) is 22.9 Å². The van der Waals surface area contributed by atoms with E-state index in [1.807, 2.05) is 0 Å². The van der Waals surface area contributed by atoms with Gasteiger partial charge in [-0.05, 0) is 31.9 Å². The van der Waals surface area contributed by atoms with Crippen LogP contribution >= 0.6 is 23.5 Å². The molecule has 0 aliphatic carbocycles. The SMILES string of the molecule is CC1COCCN1c1cc(C2CCCN(N)S2)nc(-c2cc(N)nc(Cl)c2)n1. The van der Waals surface area contributed by atoms with Gasteiger partial charge in [0.1, 0.15) is 16.8 Å². The lowest BCUT2D eigenvalue weighted by molar-refractivity contribution is 0.0985. The summed E-state index contributed by atoms with van der Waals surface area (Å²) in [7, 11) is 0. The minimum absolute atomic E-state index is 0.185. The number of aromatic nitrogens is 3. The number of hydrogen-bond donors (Lipinski definition) is 2. The molecular weight excluding hydrogens is 398 g/mol. The Hall–Kier alpha value is -1.65. The van der Waals surface area contributed by atoms with E-state index in [1.165, 1.54) is 0 Å². The van der Waals surface area contributed by atoms with E-state index in [4.69, 9.17) is 37.9 Å². The van der Waals surface area contributed by atoms with Gasteiger partial charge in [-0.2, -0.15) is 4.41 Å². The van der Waals surface area contributed by atoms with Crippen molar-refractivity contribution in [3.8, 4) is 11.4 Å². The van der Waals surface area contributed by atoms with Crippen molar-refractivity contribution in [1.82, 2.24) is 19.4 Å². The minimum Gasteiger partial charge on any atom is -0.384 e. The van der Waals surface area contributed by atoms with Crippen molar-refractivity contribution in [3.63, 3.8) is 0 Å². The van der Waals surface area contributed by atoms with Crippen LogP contribution < -0.4 is 16.5 Å². The van der Waals surface area contributed by atoms with Crippen LogP contribution in [0.4, 0.5) is 11.6 Å². The molecule has 4 rings (SSSR count). The summed E-state index contributed by atoms with van der Waals surface area (Å²) >= 11 is 7.74. The molecular formula is C18H24ClN7OS. The molecule has 2 saturated heterocycles. The third kappa shape index (κ3) is 4.33. The summed E-state index contributed by atoms with van der Waals surface area (Å²) in [6.07, 6.45) is 2.05. The Labute approximate surface area is 173 Å². The number of nitrogens with two attached hydrogens (primary N) is 2. The lowest BCUT2D eigenvalue weighted by atomic mass is 10.1. The lowest BCUT2D eigenvalue weighted by Crippen LogP contribution is -2.44. The van der Waals surface area contributed by atoms with Crippen LogP contribution in [0.3, 0.4) is 0 Å². The Bertz CT molecular complexity index is 834. The van der Waals surface area contributed by atoms with Gasteiger partial charge in [-0.1, -0.05) is 23.5 Å². The van der Waals surface area contributed by atoms with Crippen LogP contribution in [0.15, 0.2) is 18.2 Å². The van der Waals surface area contributed by atoms with Gasteiger partial charge in [0.25, 0.3) is 0 Å². The number of nitrogens with zero attached hydrogens (tertiary/aromatic N) is 5. The minimum atomic E-state index is 0.185. The normalized spacial score (nSPS) is 23.8. The zero-order valence-electron chi connectivity index (χ0n) is 15.7.